The van der Waals surface area contributed by atoms with Crippen LogP contribution >= 0.6 is 24.8 Å². The first-order chi connectivity index (χ1) is 15.9. The Morgan fingerprint density at radius 2 is 1.06 bits per heavy atom. The zero-order chi connectivity index (χ0) is 21.3. The topological polar surface area (TPSA) is 0 Å². The molecule has 34 heavy (non-hydrogen) atoms. The fourth-order valence-corrected chi connectivity index (χ4v) is 18.5. The third-order valence-electron chi connectivity index (χ3n) is 6.63. The minimum atomic E-state index is -2.69. The molecule has 0 saturated carbocycles. The van der Waals surface area contributed by atoms with Crippen LogP contribution in [0.1, 0.15) is 32.3 Å². The average molecular weight is 648 g/mol. The quantitative estimate of drug-likeness (QED) is 0.196. The normalized spacial score (nSPS) is 13.2. The fraction of sp³-hybridized carbons (Fsp3) is 0.0645. The molecule has 0 N–H and O–H groups in total. The molecule has 4 aromatic rings. The summed E-state index contributed by atoms with van der Waals surface area (Å²) in [4.78, 5) is 0. The minimum absolute atomic E-state index is 0. The van der Waals surface area contributed by atoms with E-state index < -0.39 is 21.0 Å². The molecule has 168 valence electrons. The zero-order valence-electron chi connectivity index (χ0n) is 18.7. The number of fused-ring (bicyclic) bond motifs is 3. The van der Waals surface area contributed by atoms with E-state index in [1.165, 1.54) is 33.4 Å². The van der Waals surface area contributed by atoms with Gasteiger partial charge in [-0.3, -0.25) is 0 Å². The van der Waals surface area contributed by atoms with Gasteiger partial charge in [-0.15, -0.1) is 24.8 Å². The van der Waals surface area contributed by atoms with E-state index in [4.69, 9.17) is 0 Å². The second kappa shape index (κ2) is 11.0. The average Bonchev–Trinajstić information content (AvgIpc) is 3.51. The standard InChI is InChI=1S/C13H9.C13H10.C5H5.2ClH.Hf/c1-3-7-12-10(5-1)9-11-6-2-4-8-13(11)12;1-3-7-12(8-4-1)11-13-9-5-2-6-10-13;1-2-4-5-3-1;;;/h1-9H;1-10H;1-3H,4H2;2*1H;. The molecule has 6 rings (SSSR count). The Hall–Kier alpha value is -2.32. The molecule has 4 aromatic carbocycles. The minimum Gasteiger partial charge on any atom is -0.147 e. The predicted octanol–water partition coefficient (Wildman–Crippen LogP) is 8.33. The zero-order valence-corrected chi connectivity index (χ0v) is 24.0. The molecule has 0 aromatic heterocycles. The van der Waals surface area contributed by atoms with Crippen LogP contribution in [0, 0.1) is 0 Å². The van der Waals surface area contributed by atoms with Gasteiger partial charge in [-0.1, -0.05) is 0 Å². The van der Waals surface area contributed by atoms with Crippen molar-refractivity contribution < 1.29 is 21.0 Å². The summed E-state index contributed by atoms with van der Waals surface area (Å²) in [5, 5.41) is 0. The van der Waals surface area contributed by atoms with Crippen LogP contribution in [0.25, 0.3) is 11.1 Å². The molecule has 0 saturated heterocycles. The number of allylic oxidation sites excluding steroid dienone is 4. The SMILES string of the molecule is C1=CC[C]([Hf](=[C](c2ccccc2)c2ccccc2)[CH]2c3ccccc3-c3ccccc32)=C1.Cl.Cl. The van der Waals surface area contributed by atoms with Gasteiger partial charge in [-0.2, -0.15) is 0 Å². The molecule has 2 aliphatic carbocycles. The van der Waals surface area contributed by atoms with E-state index in [0.717, 1.165) is 6.42 Å². The van der Waals surface area contributed by atoms with E-state index in [-0.39, 0.29) is 24.8 Å². The van der Waals surface area contributed by atoms with Crippen LogP contribution in [0.3, 0.4) is 0 Å². The van der Waals surface area contributed by atoms with Gasteiger partial charge in [0.1, 0.15) is 0 Å². The third-order valence-corrected chi connectivity index (χ3v) is 18.8. The molecule has 0 fully saturated rings. The number of benzene rings is 4. The number of hydrogen-bond acceptors (Lipinski definition) is 0. The van der Waals surface area contributed by atoms with E-state index in [0.29, 0.717) is 3.67 Å². The first kappa shape index (κ1) is 24.8. The van der Waals surface area contributed by atoms with Crippen molar-refractivity contribution >= 4 is 28.1 Å². The van der Waals surface area contributed by atoms with Crippen molar-refractivity contribution in [3.63, 3.8) is 0 Å². The maximum absolute atomic E-state index is 2.69. The van der Waals surface area contributed by atoms with E-state index >= 15 is 0 Å². The van der Waals surface area contributed by atoms with Gasteiger partial charge >= 0.3 is 198 Å². The van der Waals surface area contributed by atoms with Gasteiger partial charge in [0.15, 0.2) is 0 Å². The van der Waals surface area contributed by atoms with Crippen molar-refractivity contribution in [2.75, 3.05) is 0 Å². The van der Waals surface area contributed by atoms with Crippen LogP contribution < -0.4 is 0 Å². The van der Waals surface area contributed by atoms with Crippen LogP contribution in [-0.4, -0.2) is 3.26 Å². The molecule has 0 atom stereocenters. The third kappa shape index (κ3) is 4.38. The van der Waals surface area contributed by atoms with Crippen molar-refractivity contribution in [2.45, 2.75) is 10.1 Å². The van der Waals surface area contributed by atoms with E-state index in [1.54, 1.807) is 6.58 Å². The van der Waals surface area contributed by atoms with Gasteiger partial charge in [0.2, 0.25) is 0 Å². The molecule has 0 aliphatic heterocycles. The molecular formula is C31H26Cl2Hf. The predicted molar refractivity (Wildman–Crippen MR) is 146 cm³/mol. The van der Waals surface area contributed by atoms with Crippen LogP contribution in [0.4, 0.5) is 0 Å². The number of halogens is 2. The molecule has 0 nitrogen and oxygen atoms in total. The molecule has 0 heterocycles. The summed E-state index contributed by atoms with van der Waals surface area (Å²) >= 11 is -2.69. The van der Waals surface area contributed by atoms with Crippen molar-refractivity contribution in [2.24, 2.45) is 0 Å². The van der Waals surface area contributed by atoms with E-state index in [1.807, 2.05) is 0 Å². The second-order valence-electron chi connectivity index (χ2n) is 8.45. The van der Waals surface area contributed by atoms with Gasteiger partial charge in [0.05, 0.1) is 0 Å². The molecular weight excluding hydrogens is 622 g/mol. The van der Waals surface area contributed by atoms with Crippen LogP contribution in [0.5, 0.6) is 0 Å². The van der Waals surface area contributed by atoms with Crippen LogP contribution in [0.2, 0.25) is 0 Å². The Morgan fingerprint density at radius 1 is 0.588 bits per heavy atom. The number of hydrogen-bond donors (Lipinski definition) is 0. The summed E-state index contributed by atoms with van der Waals surface area (Å²) in [7, 11) is 0. The first-order valence-electron chi connectivity index (χ1n) is 11.3. The maximum Gasteiger partial charge on any atom is -0.147 e. The summed E-state index contributed by atoms with van der Waals surface area (Å²) in [5.41, 5.74) is 8.73. The smallest absolute Gasteiger partial charge is 0.147 e. The molecule has 0 spiro atoms. The molecule has 0 radical (unpaired) electrons. The Balaban J connectivity index is 0.00000137. The Labute approximate surface area is 221 Å². The molecule has 0 amide bonds. The summed E-state index contributed by atoms with van der Waals surface area (Å²) in [5.74, 6) is 0. The Bertz CT molecular complexity index is 1300. The summed E-state index contributed by atoms with van der Waals surface area (Å²) in [6.45, 7) is 0. The molecule has 0 bridgehead atoms. The largest absolute Gasteiger partial charge is 0.147 e. The van der Waals surface area contributed by atoms with Gasteiger partial charge in [-0.25, -0.2) is 0 Å². The van der Waals surface area contributed by atoms with Crippen LogP contribution in [0.15, 0.2) is 131 Å². The molecule has 0 unspecified atom stereocenters. The van der Waals surface area contributed by atoms with E-state index in [2.05, 4.69) is 127 Å². The molecule has 3 heteroatoms. The van der Waals surface area contributed by atoms with E-state index in [9.17, 15) is 0 Å². The summed E-state index contributed by atoms with van der Waals surface area (Å²) in [6, 6.07) is 40.6. The summed E-state index contributed by atoms with van der Waals surface area (Å²) in [6.07, 6.45) is 8.17. The Morgan fingerprint density at radius 3 is 1.53 bits per heavy atom. The maximum atomic E-state index is 2.44. The van der Waals surface area contributed by atoms with Gasteiger partial charge < -0.3 is 0 Å². The summed E-state index contributed by atoms with van der Waals surface area (Å²) < 4.78 is 3.84. The number of rotatable bonds is 4. The van der Waals surface area contributed by atoms with Crippen molar-refractivity contribution in [3.05, 3.63) is 153 Å². The fourth-order valence-electron chi connectivity index (χ4n) is 5.29. The van der Waals surface area contributed by atoms with Crippen LogP contribution in [-0.2, 0) is 21.0 Å². The van der Waals surface area contributed by atoms with Gasteiger partial charge in [-0.05, 0) is 0 Å². The second-order valence-corrected chi connectivity index (χ2v) is 17.6. The molecule has 2 aliphatic rings. The Kier molecular flexibility index (Phi) is 7.99. The van der Waals surface area contributed by atoms with Crippen molar-refractivity contribution in [1.29, 1.82) is 0 Å². The van der Waals surface area contributed by atoms with Gasteiger partial charge in [0, 0.05) is 0 Å². The van der Waals surface area contributed by atoms with Crippen molar-refractivity contribution in [1.82, 2.24) is 0 Å². The van der Waals surface area contributed by atoms with Crippen molar-refractivity contribution in [3.8, 4) is 11.1 Å². The first-order valence-corrected chi connectivity index (χ1v) is 17.0. The van der Waals surface area contributed by atoms with Gasteiger partial charge in [0.25, 0.3) is 0 Å². The monoisotopic (exact) mass is 648 g/mol.